The van der Waals surface area contributed by atoms with Gasteiger partial charge in [-0.3, -0.25) is 0 Å². The number of aliphatic hydroxyl groups is 1. The van der Waals surface area contributed by atoms with Gasteiger partial charge in [-0.05, 0) is 12.3 Å². The summed E-state index contributed by atoms with van der Waals surface area (Å²) in [5.74, 6) is 0.562. The van der Waals surface area contributed by atoms with Crippen LogP contribution in [0.2, 0.25) is 0 Å². The van der Waals surface area contributed by atoms with E-state index in [2.05, 4.69) is 13.8 Å². The molecule has 0 radical (unpaired) electrons. The highest BCUT2D eigenvalue weighted by molar-refractivity contribution is 4.54. The molecule has 0 spiro atoms. The van der Waals surface area contributed by atoms with Gasteiger partial charge in [-0.25, -0.2) is 0 Å². The minimum atomic E-state index is 0.375. The first kappa shape index (κ1) is 9.96. The largest absolute Gasteiger partial charge is 0.396 e. The smallest absolute Gasteiger partial charge is 0.0459 e. The Labute approximate surface area is 64.5 Å². The highest BCUT2D eigenvalue weighted by Crippen LogP contribution is 2.11. The number of hydrogen-bond donors (Lipinski definition) is 1. The van der Waals surface area contributed by atoms with Crippen molar-refractivity contribution in [2.45, 2.75) is 46.0 Å². The van der Waals surface area contributed by atoms with Crippen molar-refractivity contribution in [1.29, 1.82) is 0 Å². The van der Waals surface area contributed by atoms with Gasteiger partial charge in [-0.2, -0.15) is 0 Å². The van der Waals surface area contributed by atoms with Crippen molar-refractivity contribution in [3.05, 3.63) is 0 Å². The molecule has 0 fully saturated rings. The Morgan fingerprint density at radius 2 is 1.90 bits per heavy atom. The van der Waals surface area contributed by atoms with Crippen LogP contribution in [0.25, 0.3) is 0 Å². The van der Waals surface area contributed by atoms with E-state index in [9.17, 15) is 0 Å². The summed E-state index contributed by atoms with van der Waals surface area (Å²) >= 11 is 0. The highest BCUT2D eigenvalue weighted by Gasteiger charge is 2.02. The van der Waals surface area contributed by atoms with Crippen LogP contribution in [0.4, 0.5) is 0 Å². The van der Waals surface area contributed by atoms with Crippen LogP contribution in [0, 0.1) is 5.92 Å². The molecule has 0 aliphatic heterocycles. The zero-order valence-corrected chi connectivity index (χ0v) is 7.27. The average Bonchev–Trinajstić information content (AvgIpc) is 1.99. The molecule has 0 aromatic carbocycles. The van der Waals surface area contributed by atoms with E-state index in [4.69, 9.17) is 5.11 Å². The fraction of sp³-hybridized carbons (Fsp3) is 1.00. The first-order valence-electron chi connectivity index (χ1n) is 4.46. The summed E-state index contributed by atoms with van der Waals surface area (Å²) in [5, 5.41) is 8.83. The molecule has 62 valence electrons. The summed E-state index contributed by atoms with van der Waals surface area (Å²) in [7, 11) is 0. The molecule has 0 bridgehead atoms. The van der Waals surface area contributed by atoms with Crippen molar-refractivity contribution in [3.8, 4) is 0 Å². The number of aliphatic hydroxyl groups excluding tert-OH is 1. The lowest BCUT2D eigenvalue weighted by atomic mass is 10.00. The molecule has 0 amide bonds. The lowest BCUT2D eigenvalue weighted by Gasteiger charge is -2.09. The van der Waals surface area contributed by atoms with Crippen molar-refractivity contribution in [2.75, 3.05) is 6.61 Å². The standard InChI is InChI=1S/C9H20O/c1-3-5-6-7-9(4-2)8-10/h9-10H,3-8H2,1-2H3. The predicted octanol–water partition coefficient (Wildman–Crippen LogP) is 2.59. The van der Waals surface area contributed by atoms with E-state index >= 15 is 0 Å². The number of hydrogen-bond acceptors (Lipinski definition) is 1. The Bertz CT molecular complexity index is 57.7. The molecule has 0 rings (SSSR count). The summed E-state index contributed by atoms with van der Waals surface area (Å²) in [4.78, 5) is 0. The summed E-state index contributed by atoms with van der Waals surface area (Å²) < 4.78 is 0. The Kier molecular flexibility index (Phi) is 7.04. The molecule has 1 nitrogen and oxygen atoms in total. The molecule has 1 unspecified atom stereocenters. The maximum atomic E-state index is 8.83. The predicted molar refractivity (Wildman–Crippen MR) is 45.0 cm³/mol. The van der Waals surface area contributed by atoms with Crippen molar-refractivity contribution in [1.82, 2.24) is 0 Å². The zero-order valence-electron chi connectivity index (χ0n) is 7.27. The van der Waals surface area contributed by atoms with E-state index in [1.807, 2.05) is 0 Å². The topological polar surface area (TPSA) is 20.2 Å². The lowest BCUT2D eigenvalue weighted by Crippen LogP contribution is -2.03. The van der Waals surface area contributed by atoms with E-state index in [1.54, 1.807) is 0 Å². The van der Waals surface area contributed by atoms with Crippen LogP contribution in [0.15, 0.2) is 0 Å². The monoisotopic (exact) mass is 144 g/mol. The minimum Gasteiger partial charge on any atom is -0.396 e. The third-order valence-corrected chi connectivity index (χ3v) is 2.05. The first-order valence-corrected chi connectivity index (χ1v) is 4.46. The summed E-state index contributed by atoms with van der Waals surface area (Å²) in [6.07, 6.45) is 6.22. The first-order chi connectivity index (χ1) is 4.85. The van der Waals surface area contributed by atoms with E-state index in [0.29, 0.717) is 12.5 Å². The van der Waals surface area contributed by atoms with Crippen molar-refractivity contribution in [3.63, 3.8) is 0 Å². The van der Waals surface area contributed by atoms with Gasteiger partial charge in [-0.1, -0.05) is 39.5 Å². The van der Waals surface area contributed by atoms with Gasteiger partial charge in [0.15, 0.2) is 0 Å². The molecule has 0 saturated heterocycles. The van der Waals surface area contributed by atoms with E-state index in [1.165, 1.54) is 25.7 Å². The van der Waals surface area contributed by atoms with E-state index in [0.717, 1.165) is 6.42 Å². The normalized spacial score (nSPS) is 13.5. The van der Waals surface area contributed by atoms with Gasteiger partial charge in [0, 0.05) is 6.61 Å². The number of rotatable bonds is 6. The molecule has 1 heteroatoms. The quantitative estimate of drug-likeness (QED) is 0.568. The van der Waals surface area contributed by atoms with Crippen LogP contribution in [0.3, 0.4) is 0 Å². The maximum absolute atomic E-state index is 8.83. The second-order valence-corrected chi connectivity index (χ2v) is 2.95. The van der Waals surface area contributed by atoms with Gasteiger partial charge in [-0.15, -0.1) is 0 Å². The highest BCUT2D eigenvalue weighted by atomic mass is 16.3. The fourth-order valence-electron chi connectivity index (χ4n) is 1.11. The summed E-state index contributed by atoms with van der Waals surface area (Å²) in [6, 6.07) is 0. The fourth-order valence-corrected chi connectivity index (χ4v) is 1.11. The summed E-state index contributed by atoms with van der Waals surface area (Å²) in [6.45, 7) is 4.73. The van der Waals surface area contributed by atoms with Crippen molar-refractivity contribution >= 4 is 0 Å². The van der Waals surface area contributed by atoms with Gasteiger partial charge in [0.05, 0.1) is 0 Å². The minimum absolute atomic E-state index is 0.375. The van der Waals surface area contributed by atoms with Crippen molar-refractivity contribution < 1.29 is 5.11 Å². The zero-order chi connectivity index (χ0) is 7.82. The van der Waals surface area contributed by atoms with Gasteiger partial charge >= 0.3 is 0 Å². The van der Waals surface area contributed by atoms with Crippen LogP contribution in [0.5, 0.6) is 0 Å². The van der Waals surface area contributed by atoms with Crippen LogP contribution in [0.1, 0.15) is 46.0 Å². The molecule has 0 aromatic heterocycles. The average molecular weight is 144 g/mol. The lowest BCUT2D eigenvalue weighted by molar-refractivity contribution is 0.212. The Hall–Kier alpha value is -0.0400. The van der Waals surface area contributed by atoms with Crippen LogP contribution in [-0.2, 0) is 0 Å². The molecular formula is C9H20O. The third-order valence-electron chi connectivity index (χ3n) is 2.05. The molecular weight excluding hydrogens is 124 g/mol. The second kappa shape index (κ2) is 7.07. The van der Waals surface area contributed by atoms with Crippen LogP contribution < -0.4 is 0 Å². The van der Waals surface area contributed by atoms with E-state index in [-0.39, 0.29) is 0 Å². The Balaban J connectivity index is 3.09. The van der Waals surface area contributed by atoms with Gasteiger partial charge in [0.2, 0.25) is 0 Å². The van der Waals surface area contributed by atoms with Gasteiger partial charge in [0.25, 0.3) is 0 Å². The third kappa shape index (κ3) is 4.80. The SMILES string of the molecule is CCCCCC(CC)CO. The molecule has 1 N–H and O–H groups in total. The summed E-state index contributed by atoms with van der Waals surface area (Å²) in [5.41, 5.74) is 0. The molecule has 0 aliphatic carbocycles. The van der Waals surface area contributed by atoms with Crippen molar-refractivity contribution in [2.24, 2.45) is 5.92 Å². The molecule has 0 aromatic rings. The Morgan fingerprint density at radius 3 is 2.30 bits per heavy atom. The second-order valence-electron chi connectivity index (χ2n) is 2.95. The van der Waals surface area contributed by atoms with Crippen LogP contribution >= 0.6 is 0 Å². The number of unbranched alkanes of at least 4 members (excludes halogenated alkanes) is 2. The maximum Gasteiger partial charge on any atom is 0.0459 e. The molecule has 0 heterocycles. The molecule has 0 saturated carbocycles. The molecule has 10 heavy (non-hydrogen) atoms. The molecule has 0 aliphatic rings. The van der Waals surface area contributed by atoms with Gasteiger partial charge < -0.3 is 5.11 Å². The molecule has 1 atom stereocenters. The van der Waals surface area contributed by atoms with Crippen LogP contribution in [-0.4, -0.2) is 11.7 Å². The Morgan fingerprint density at radius 1 is 1.20 bits per heavy atom. The van der Waals surface area contributed by atoms with Gasteiger partial charge in [0.1, 0.15) is 0 Å². The van der Waals surface area contributed by atoms with E-state index < -0.39 is 0 Å².